The van der Waals surface area contributed by atoms with Gasteiger partial charge in [0.25, 0.3) is 0 Å². The van der Waals surface area contributed by atoms with Gasteiger partial charge in [0, 0.05) is 33.2 Å². The minimum absolute atomic E-state index is 0.107. The number of hydrogen-bond donors (Lipinski definition) is 1. The lowest BCUT2D eigenvalue weighted by molar-refractivity contribution is 0.199. The summed E-state index contributed by atoms with van der Waals surface area (Å²) >= 11 is 0. The molecule has 7 nitrogen and oxygen atoms in total. The average molecular weight is 381 g/mol. The van der Waals surface area contributed by atoms with Crippen molar-refractivity contribution in [3.63, 3.8) is 0 Å². The largest absolute Gasteiger partial charge is 0.497 e. The van der Waals surface area contributed by atoms with Crippen molar-refractivity contribution >= 4 is 16.1 Å². The van der Waals surface area contributed by atoms with Crippen molar-refractivity contribution in [1.29, 1.82) is 0 Å². The lowest BCUT2D eigenvalue weighted by Gasteiger charge is -2.22. The summed E-state index contributed by atoms with van der Waals surface area (Å²) in [7, 11) is 0.0868. The molecule has 8 heteroatoms. The van der Waals surface area contributed by atoms with Gasteiger partial charge in [0.15, 0.2) is 0 Å². The van der Waals surface area contributed by atoms with Crippen LogP contribution in [0.3, 0.4) is 0 Å². The Balaban J connectivity index is 1.48. The molecule has 1 aromatic rings. The van der Waals surface area contributed by atoms with Crippen LogP contribution in [0.25, 0.3) is 0 Å². The number of likely N-dealkylation sites (tertiary alicyclic amines) is 1. The predicted molar refractivity (Wildman–Crippen MR) is 99.7 cm³/mol. The fraction of sp³-hybridized carbons (Fsp3) is 0.611. The minimum Gasteiger partial charge on any atom is -0.497 e. The zero-order chi connectivity index (χ0) is 18.7. The molecule has 3 rings (SSSR count). The number of hydrogen-bond acceptors (Lipinski definition) is 4. The molecule has 0 radical (unpaired) electrons. The Labute approximate surface area is 155 Å². The standard InChI is InChI=1S/C18H27N3O4S/c1-20-13-15-8-11-21(12-9-17(15)26(20,23)24)18(22)19-10-7-14-3-5-16(25-2)6-4-14/h3-6,15,17H,7-13H2,1-2H3,(H,19,22)/t15-,17-/m1/s1. The smallest absolute Gasteiger partial charge is 0.317 e. The highest BCUT2D eigenvalue weighted by Gasteiger charge is 2.45. The van der Waals surface area contributed by atoms with Crippen molar-refractivity contribution < 1.29 is 17.9 Å². The molecule has 0 spiro atoms. The highest BCUT2D eigenvalue weighted by molar-refractivity contribution is 7.90. The second-order valence-electron chi connectivity index (χ2n) is 7.02. The quantitative estimate of drug-likeness (QED) is 0.853. The van der Waals surface area contributed by atoms with Crippen molar-refractivity contribution in [2.75, 3.05) is 40.3 Å². The third kappa shape index (κ3) is 3.96. The van der Waals surface area contributed by atoms with Gasteiger partial charge in [-0.1, -0.05) is 12.1 Å². The molecule has 2 amide bonds. The first kappa shape index (κ1) is 19.0. The van der Waals surface area contributed by atoms with E-state index >= 15 is 0 Å². The number of urea groups is 1. The third-order valence-corrected chi connectivity index (χ3v) is 7.83. The van der Waals surface area contributed by atoms with Crippen LogP contribution in [0.5, 0.6) is 5.75 Å². The lowest BCUT2D eigenvalue weighted by Crippen LogP contribution is -2.41. The summed E-state index contributed by atoms with van der Waals surface area (Å²) in [5.41, 5.74) is 1.13. The molecule has 0 aliphatic carbocycles. The Morgan fingerprint density at radius 1 is 1.23 bits per heavy atom. The Hall–Kier alpha value is -1.80. The fourth-order valence-corrected chi connectivity index (χ4v) is 5.80. The van der Waals surface area contributed by atoms with E-state index in [4.69, 9.17) is 4.74 Å². The second kappa shape index (κ2) is 7.84. The first-order valence-corrected chi connectivity index (χ1v) is 10.5. The first-order valence-electron chi connectivity index (χ1n) is 9.02. The SMILES string of the molecule is COc1ccc(CCNC(=O)N2CC[C@@H]3CN(C)S(=O)(=O)[C@@H]3CC2)cc1. The number of methoxy groups -OCH3 is 1. The van der Waals surface area contributed by atoms with E-state index in [0.29, 0.717) is 32.6 Å². The Bertz CT molecular complexity index is 735. The number of amides is 2. The molecular weight excluding hydrogens is 354 g/mol. The van der Waals surface area contributed by atoms with Crippen LogP contribution < -0.4 is 10.1 Å². The number of carbonyl (C=O) groups excluding carboxylic acids is 1. The summed E-state index contributed by atoms with van der Waals surface area (Å²) in [5, 5.41) is 2.61. The molecule has 1 aromatic carbocycles. The number of nitrogens with one attached hydrogen (secondary N) is 1. The maximum Gasteiger partial charge on any atom is 0.317 e. The Morgan fingerprint density at radius 3 is 2.62 bits per heavy atom. The number of rotatable bonds is 4. The van der Waals surface area contributed by atoms with Gasteiger partial charge in [0.05, 0.1) is 12.4 Å². The Morgan fingerprint density at radius 2 is 1.92 bits per heavy atom. The maximum atomic E-state index is 12.4. The molecule has 2 saturated heterocycles. The molecule has 0 saturated carbocycles. The molecule has 1 N–H and O–H groups in total. The van der Waals surface area contributed by atoms with E-state index in [0.717, 1.165) is 24.2 Å². The van der Waals surface area contributed by atoms with E-state index in [-0.39, 0.29) is 17.2 Å². The second-order valence-corrected chi connectivity index (χ2v) is 9.28. The molecule has 2 aliphatic rings. The monoisotopic (exact) mass is 381 g/mol. The summed E-state index contributed by atoms with van der Waals surface area (Å²) in [6.07, 6.45) is 2.00. The fourth-order valence-electron chi connectivity index (χ4n) is 3.83. The summed E-state index contributed by atoms with van der Waals surface area (Å²) in [6.45, 7) is 2.22. The van der Waals surface area contributed by atoms with E-state index in [1.165, 1.54) is 4.31 Å². The van der Waals surface area contributed by atoms with Crippen LogP contribution in [-0.2, 0) is 16.4 Å². The normalized spacial score (nSPS) is 25.4. The van der Waals surface area contributed by atoms with Gasteiger partial charge in [-0.2, -0.15) is 0 Å². The van der Waals surface area contributed by atoms with Gasteiger partial charge < -0.3 is 15.0 Å². The highest BCUT2D eigenvalue weighted by atomic mass is 32.2. The number of ether oxygens (including phenoxy) is 1. The van der Waals surface area contributed by atoms with Gasteiger partial charge in [-0.25, -0.2) is 17.5 Å². The van der Waals surface area contributed by atoms with E-state index in [9.17, 15) is 13.2 Å². The van der Waals surface area contributed by atoms with Crippen LogP contribution in [-0.4, -0.2) is 69.2 Å². The van der Waals surface area contributed by atoms with Crippen LogP contribution in [0.15, 0.2) is 24.3 Å². The van der Waals surface area contributed by atoms with Crippen molar-refractivity contribution in [1.82, 2.24) is 14.5 Å². The van der Waals surface area contributed by atoms with Crippen LogP contribution in [0.2, 0.25) is 0 Å². The molecule has 0 bridgehead atoms. The topological polar surface area (TPSA) is 79.0 Å². The number of benzene rings is 1. The number of fused-ring (bicyclic) bond motifs is 1. The number of sulfonamides is 1. The van der Waals surface area contributed by atoms with Crippen LogP contribution in [0.4, 0.5) is 4.79 Å². The van der Waals surface area contributed by atoms with E-state index in [2.05, 4.69) is 5.32 Å². The lowest BCUT2D eigenvalue weighted by atomic mass is 10.0. The van der Waals surface area contributed by atoms with Gasteiger partial charge >= 0.3 is 6.03 Å². The molecule has 0 unspecified atom stereocenters. The Kier molecular flexibility index (Phi) is 5.72. The minimum atomic E-state index is -3.19. The molecule has 144 valence electrons. The van der Waals surface area contributed by atoms with Crippen LogP contribution >= 0.6 is 0 Å². The number of nitrogens with zero attached hydrogens (tertiary/aromatic N) is 2. The average Bonchev–Trinajstić information content (AvgIpc) is 2.78. The summed E-state index contributed by atoms with van der Waals surface area (Å²) in [5.74, 6) is 0.940. The van der Waals surface area contributed by atoms with E-state index in [1.807, 2.05) is 24.3 Å². The van der Waals surface area contributed by atoms with E-state index < -0.39 is 10.0 Å². The molecule has 2 atom stereocenters. The van der Waals surface area contributed by atoms with Crippen molar-refractivity contribution in [2.24, 2.45) is 5.92 Å². The van der Waals surface area contributed by atoms with Crippen LogP contribution in [0, 0.1) is 5.92 Å². The maximum absolute atomic E-state index is 12.4. The molecule has 2 aliphatic heterocycles. The molecular formula is C18H27N3O4S. The molecule has 2 fully saturated rings. The van der Waals surface area contributed by atoms with Crippen molar-refractivity contribution in [2.45, 2.75) is 24.5 Å². The molecule has 0 aromatic heterocycles. The summed E-state index contributed by atoms with van der Waals surface area (Å²) in [6, 6.07) is 7.67. The van der Waals surface area contributed by atoms with Gasteiger partial charge in [0.2, 0.25) is 10.0 Å². The first-order chi connectivity index (χ1) is 12.4. The van der Waals surface area contributed by atoms with Gasteiger partial charge in [-0.05, 0) is 42.9 Å². The summed E-state index contributed by atoms with van der Waals surface area (Å²) in [4.78, 5) is 14.2. The van der Waals surface area contributed by atoms with Crippen molar-refractivity contribution in [3.05, 3.63) is 29.8 Å². The van der Waals surface area contributed by atoms with E-state index in [1.54, 1.807) is 19.1 Å². The molecule has 2 heterocycles. The zero-order valence-corrected chi connectivity index (χ0v) is 16.2. The predicted octanol–water partition coefficient (Wildman–Crippen LogP) is 1.30. The van der Waals surface area contributed by atoms with Gasteiger partial charge in [-0.3, -0.25) is 0 Å². The highest BCUT2D eigenvalue weighted by Crippen LogP contribution is 2.33. The molecule has 26 heavy (non-hydrogen) atoms. The van der Waals surface area contributed by atoms with Gasteiger partial charge in [-0.15, -0.1) is 0 Å². The van der Waals surface area contributed by atoms with Crippen molar-refractivity contribution in [3.8, 4) is 5.75 Å². The summed E-state index contributed by atoms with van der Waals surface area (Å²) < 4.78 is 31.3. The van der Waals surface area contributed by atoms with Crippen LogP contribution in [0.1, 0.15) is 18.4 Å². The van der Waals surface area contributed by atoms with Gasteiger partial charge in [0.1, 0.15) is 5.75 Å². The zero-order valence-electron chi connectivity index (χ0n) is 15.3. The third-order valence-electron chi connectivity index (χ3n) is 5.42. The number of carbonyl (C=O) groups is 1.